The van der Waals surface area contributed by atoms with Crippen molar-refractivity contribution in [2.24, 2.45) is 0 Å². The van der Waals surface area contributed by atoms with Gasteiger partial charge in [-0.05, 0) is 38.5 Å². The van der Waals surface area contributed by atoms with E-state index in [0.717, 1.165) is 5.56 Å². The molecule has 0 fully saturated rings. The fraction of sp³-hybridized carbons (Fsp3) is 0.231. The number of unbranched alkanes of at least 4 members (excludes halogenated alkanes) is 1. The second kappa shape index (κ2) is 9.96. The Morgan fingerprint density at radius 1 is 1.15 bits per heavy atom. The van der Waals surface area contributed by atoms with Gasteiger partial charge in [-0.25, -0.2) is 9.67 Å². The molecule has 1 amide bonds. The Morgan fingerprint density at radius 2 is 1.97 bits per heavy atom. The number of hydrogen-bond donors (Lipinski definition) is 1. The zero-order chi connectivity index (χ0) is 23.2. The highest BCUT2D eigenvalue weighted by atomic mass is 16.5. The summed E-state index contributed by atoms with van der Waals surface area (Å²) in [6.07, 6.45) is 2.80. The second-order valence-corrected chi connectivity index (χ2v) is 7.93. The van der Waals surface area contributed by atoms with Crippen LogP contribution in [0.3, 0.4) is 0 Å². The standard InChI is InChI=1S/C26H25N5O2/c1-18(2)31-25-23(17-28-31)22(16-24(30-25)19-9-4-3-5-10-19)26(32)29-20-11-8-12-21(15-20)33-14-7-6-13-27/h3-5,8-12,15-18H,6-7,14H2,1-2H3,(H,29,32). The van der Waals surface area contributed by atoms with Gasteiger partial charge in [0.2, 0.25) is 0 Å². The van der Waals surface area contributed by atoms with Gasteiger partial charge in [-0.15, -0.1) is 0 Å². The average Bonchev–Trinajstić information content (AvgIpc) is 3.26. The predicted octanol–water partition coefficient (Wildman–Crippen LogP) is 5.61. The SMILES string of the molecule is CC(C)n1ncc2c(C(=O)Nc3cccc(OCCCC#N)c3)cc(-c3ccccc3)nc21. The van der Waals surface area contributed by atoms with Crippen molar-refractivity contribution in [3.05, 3.63) is 72.4 Å². The summed E-state index contributed by atoms with van der Waals surface area (Å²) in [5.41, 5.74) is 3.44. The zero-order valence-corrected chi connectivity index (χ0v) is 18.7. The van der Waals surface area contributed by atoms with E-state index in [1.165, 1.54) is 0 Å². The number of benzene rings is 2. The minimum atomic E-state index is -0.246. The van der Waals surface area contributed by atoms with E-state index in [4.69, 9.17) is 15.0 Å². The maximum absolute atomic E-state index is 13.3. The van der Waals surface area contributed by atoms with Crippen LogP contribution in [-0.4, -0.2) is 27.3 Å². The first-order valence-corrected chi connectivity index (χ1v) is 10.9. The molecule has 0 aliphatic rings. The Hall–Kier alpha value is -4.18. The van der Waals surface area contributed by atoms with Crippen molar-refractivity contribution < 1.29 is 9.53 Å². The topological polar surface area (TPSA) is 92.8 Å². The number of aromatic nitrogens is 3. The van der Waals surface area contributed by atoms with Crippen molar-refractivity contribution in [1.82, 2.24) is 14.8 Å². The maximum atomic E-state index is 13.3. The van der Waals surface area contributed by atoms with Gasteiger partial charge in [-0.1, -0.05) is 36.4 Å². The fourth-order valence-electron chi connectivity index (χ4n) is 3.54. The number of amides is 1. The minimum absolute atomic E-state index is 0.104. The Kier molecular flexibility index (Phi) is 6.65. The molecule has 0 aliphatic carbocycles. The lowest BCUT2D eigenvalue weighted by Crippen LogP contribution is -2.13. The number of carbonyl (C=O) groups is 1. The van der Waals surface area contributed by atoms with Crippen LogP contribution in [0.2, 0.25) is 0 Å². The van der Waals surface area contributed by atoms with E-state index in [1.54, 1.807) is 12.3 Å². The van der Waals surface area contributed by atoms with Gasteiger partial charge in [-0.2, -0.15) is 10.4 Å². The predicted molar refractivity (Wildman–Crippen MR) is 128 cm³/mol. The number of rotatable bonds is 8. The van der Waals surface area contributed by atoms with Crippen molar-refractivity contribution >= 4 is 22.6 Å². The normalized spacial score (nSPS) is 10.8. The third kappa shape index (κ3) is 5.01. The summed E-state index contributed by atoms with van der Waals surface area (Å²) in [5.74, 6) is 0.396. The van der Waals surface area contributed by atoms with Gasteiger partial charge in [0.15, 0.2) is 5.65 Å². The van der Waals surface area contributed by atoms with E-state index in [9.17, 15) is 4.79 Å². The number of nitrogens with zero attached hydrogens (tertiary/aromatic N) is 4. The second-order valence-electron chi connectivity index (χ2n) is 7.93. The molecule has 0 radical (unpaired) electrons. The van der Waals surface area contributed by atoms with Crippen LogP contribution in [0.25, 0.3) is 22.3 Å². The van der Waals surface area contributed by atoms with Crippen molar-refractivity contribution in [2.45, 2.75) is 32.7 Å². The van der Waals surface area contributed by atoms with E-state index in [2.05, 4.69) is 16.5 Å². The van der Waals surface area contributed by atoms with Crippen LogP contribution in [0.5, 0.6) is 5.75 Å². The Bertz CT molecular complexity index is 1310. The maximum Gasteiger partial charge on any atom is 0.256 e. The van der Waals surface area contributed by atoms with Gasteiger partial charge in [0.1, 0.15) is 5.75 Å². The van der Waals surface area contributed by atoms with Crippen LogP contribution in [0.4, 0.5) is 5.69 Å². The first-order valence-electron chi connectivity index (χ1n) is 10.9. The van der Waals surface area contributed by atoms with Gasteiger partial charge < -0.3 is 10.1 Å². The highest BCUT2D eigenvalue weighted by Crippen LogP contribution is 2.27. The molecule has 0 atom stereocenters. The number of carbonyl (C=O) groups excluding carboxylic acids is 1. The lowest BCUT2D eigenvalue weighted by molar-refractivity contribution is 0.102. The fourth-order valence-corrected chi connectivity index (χ4v) is 3.54. The average molecular weight is 440 g/mol. The molecule has 4 rings (SSSR count). The van der Waals surface area contributed by atoms with Gasteiger partial charge in [0.25, 0.3) is 5.91 Å². The van der Waals surface area contributed by atoms with E-state index in [1.807, 2.05) is 73.1 Å². The number of hydrogen-bond acceptors (Lipinski definition) is 5. The third-order valence-electron chi connectivity index (χ3n) is 5.16. The molecule has 0 saturated heterocycles. The van der Waals surface area contributed by atoms with Crippen molar-refractivity contribution in [3.8, 4) is 23.1 Å². The van der Waals surface area contributed by atoms with Crippen LogP contribution in [0.1, 0.15) is 43.1 Å². The number of nitriles is 1. The quantitative estimate of drug-likeness (QED) is 0.360. The molecule has 0 spiro atoms. The molecule has 7 heteroatoms. The lowest BCUT2D eigenvalue weighted by Gasteiger charge is -2.12. The zero-order valence-electron chi connectivity index (χ0n) is 18.7. The summed E-state index contributed by atoms with van der Waals surface area (Å²) >= 11 is 0. The van der Waals surface area contributed by atoms with Crippen LogP contribution < -0.4 is 10.1 Å². The van der Waals surface area contributed by atoms with Gasteiger partial charge in [-0.3, -0.25) is 4.79 Å². The van der Waals surface area contributed by atoms with Crippen molar-refractivity contribution in [3.63, 3.8) is 0 Å². The molecule has 2 aromatic heterocycles. The summed E-state index contributed by atoms with van der Waals surface area (Å²) in [5, 5.41) is 16.8. The summed E-state index contributed by atoms with van der Waals surface area (Å²) in [6, 6.07) is 21.0. The molecule has 4 aromatic rings. The summed E-state index contributed by atoms with van der Waals surface area (Å²) in [4.78, 5) is 18.2. The molecule has 0 saturated carbocycles. The molecule has 0 bridgehead atoms. The number of nitrogens with one attached hydrogen (secondary N) is 1. The first kappa shape index (κ1) is 22.0. The summed E-state index contributed by atoms with van der Waals surface area (Å²) in [6.45, 7) is 4.51. The van der Waals surface area contributed by atoms with E-state index < -0.39 is 0 Å². The highest BCUT2D eigenvalue weighted by Gasteiger charge is 2.19. The Balaban J connectivity index is 1.66. The summed E-state index contributed by atoms with van der Waals surface area (Å²) in [7, 11) is 0. The van der Waals surface area contributed by atoms with Crippen LogP contribution in [0.15, 0.2) is 66.9 Å². The van der Waals surface area contributed by atoms with Crippen LogP contribution in [0, 0.1) is 11.3 Å². The number of fused-ring (bicyclic) bond motifs is 1. The molecular formula is C26H25N5O2. The molecule has 1 N–H and O–H groups in total. The monoisotopic (exact) mass is 439 g/mol. The summed E-state index contributed by atoms with van der Waals surface area (Å²) < 4.78 is 7.51. The molecule has 7 nitrogen and oxygen atoms in total. The first-order chi connectivity index (χ1) is 16.1. The number of pyridine rings is 1. The molecule has 33 heavy (non-hydrogen) atoms. The van der Waals surface area contributed by atoms with Gasteiger partial charge in [0, 0.05) is 29.8 Å². The van der Waals surface area contributed by atoms with E-state index >= 15 is 0 Å². The van der Waals surface area contributed by atoms with Gasteiger partial charge >= 0.3 is 0 Å². The van der Waals surface area contributed by atoms with E-state index in [0.29, 0.717) is 53.2 Å². The largest absolute Gasteiger partial charge is 0.493 e. The van der Waals surface area contributed by atoms with Crippen LogP contribution in [-0.2, 0) is 0 Å². The molecule has 0 aliphatic heterocycles. The Labute approximate surface area is 192 Å². The van der Waals surface area contributed by atoms with Crippen molar-refractivity contribution in [2.75, 3.05) is 11.9 Å². The number of ether oxygens (including phenoxy) is 1. The number of anilines is 1. The minimum Gasteiger partial charge on any atom is -0.493 e. The van der Waals surface area contributed by atoms with Crippen LogP contribution >= 0.6 is 0 Å². The third-order valence-corrected chi connectivity index (χ3v) is 5.16. The highest BCUT2D eigenvalue weighted by molar-refractivity contribution is 6.12. The molecule has 166 valence electrons. The molecule has 0 unspecified atom stereocenters. The molecule has 2 aromatic carbocycles. The Morgan fingerprint density at radius 3 is 2.73 bits per heavy atom. The molecular weight excluding hydrogens is 414 g/mol. The molecule has 2 heterocycles. The van der Waals surface area contributed by atoms with Crippen molar-refractivity contribution in [1.29, 1.82) is 5.26 Å². The lowest BCUT2D eigenvalue weighted by atomic mass is 10.1. The smallest absolute Gasteiger partial charge is 0.256 e. The van der Waals surface area contributed by atoms with E-state index in [-0.39, 0.29) is 11.9 Å². The van der Waals surface area contributed by atoms with Gasteiger partial charge in [0.05, 0.1) is 35.5 Å².